The van der Waals surface area contributed by atoms with Gasteiger partial charge >= 0.3 is 6.09 Å². The third kappa shape index (κ3) is 7.39. The first kappa shape index (κ1) is 37.3. The number of benzene rings is 1. The largest absolute Gasteiger partial charge is 0.491 e. The molecule has 0 spiro atoms. The van der Waals surface area contributed by atoms with Gasteiger partial charge in [0.05, 0.1) is 17.9 Å². The lowest BCUT2D eigenvalue weighted by Gasteiger charge is -2.32. The fraction of sp³-hybridized carbons (Fsp3) is 0.583. The molecule has 2 aliphatic heterocycles. The molecule has 3 heterocycles. The van der Waals surface area contributed by atoms with Crippen LogP contribution in [0.2, 0.25) is 0 Å². The van der Waals surface area contributed by atoms with E-state index < -0.39 is 80.0 Å². The topological polar surface area (TPSA) is 193 Å². The molecule has 1 aromatic carbocycles. The SMILES string of the molecule is CCOc1cc2ccnc(O[C@@H]3C[C@H]4C(=O)N[C@]5(C(=O)NS(=O)(=O)C6(C)CC6)C[C@H]5/C=C\CC[C@@H](C)C[C@@H](C)[C@H](NC(=O)O)C(=O)N4C3)c2cc1F. The van der Waals surface area contributed by atoms with Crippen LogP contribution in [0.3, 0.4) is 0 Å². The summed E-state index contributed by atoms with van der Waals surface area (Å²) in [7, 11) is -4.02. The molecule has 6 rings (SSSR count). The Hall–Kier alpha value is -4.47. The number of hydrogen-bond donors (Lipinski definition) is 4. The minimum atomic E-state index is -4.02. The second kappa shape index (κ2) is 14.2. The number of carbonyl (C=O) groups is 4. The van der Waals surface area contributed by atoms with Crippen molar-refractivity contribution in [1.82, 2.24) is 25.2 Å². The van der Waals surface area contributed by atoms with Crippen LogP contribution in [0.25, 0.3) is 10.8 Å². The molecule has 4 aliphatic rings. The summed E-state index contributed by atoms with van der Waals surface area (Å²) in [5.74, 6) is -3.56. The molecule has 3 fully saturated rings. The minimum absolute atomic E-state index is 0.0597. The molecule has 1 saturated heterocycles. The highest BCUT2D eigenvalue weighted by Gasteiger charge is 2.63. The van der Waals surface area contributed by atoms with Crippen molar-refractivity contribution >= 4 is 44.6 Å². The van der Waals surface area contributed by atoms with Gasteiger partial charge in [0.25, 0.3) is 5.91 Å². The van der Waals surface area contributed by atoms with Crippen LogP contribution in [0, 0.1) is 23.6 Å². The third-order valence-electron chi connectivity index (χ3n) is 10.9. The molecule has 0 bridgehead atoms. The van der Waals surface area contributed by atoms with Gasteiger partial charge in [-0.2, -0.15) is 0 Å². The number of ether oxygens (including phenoxy) is 2. The molecule has 1 aromatic heterocycles. The van der Waals surface area contributed by atoms with E-state index in [0.29, 0.717) is 42.9 Å². The molecule has 282 valence electrons. The van der Waals surface area contributed by atoms with Gasteiger partial charge in [-0.3, -0.25) is 19.1 Å². The Balaban J connectivity index is 1.34. The van der Waals surface area contributed by atoms with Gasteiger partial charge < -0.3 is 30.1 Å². The predicted molar refractivity (Wildman–Crippen MR) is 187 cm³/mol. The van der Waals surface area contributed by atoms with Crippen LogP contribution < -0.4 is 24.8 Å². The van der Waals surface area contributed by atoms with Gasteiger partial charge in [0, 0.05) is 23.9 Å². The molecular formula is C36H46FN5O9S. The number of allylic oxidation sites excluding steroid dienone is 1. The van der Waals surface area contributed by atoms with Crippen LogP contribution in [-0.2, 0) is 24.4 Å². The average Bonchev–Trinajstić information content (AvgIpc) is 3.96. The number of carboxylic acid groups (broad SMARTS) is 1. The normalized spacial score (nSPS) is 30.8. The van der Waals surface area contributed by atoms with E-state index in [1.807, 2.05) is 19.1 Å². The maximum atomic E-state index is 14.9. The van der Waals surface area contributed by atoms with Crippen molar-refractivity contribution in [2.45, 2.75) is 101 Å². The summed E-state index contributed by atoms with van der Waals surface area (Å²) in [6.45, 7) is 7.20. The fourth-order valence-corrected chi connectivity index (χ4v) is 8.71. The number of hydrogen-bond acceptors (Lipinski definition) is 9. The number of halogens is 1. The fourth-order valence-electron chi connectivity index (χ4n) is 7.39. The first-order valence-corrected chi connectivity index (χ1v) is 19.3. The first-order chi connectivity index (χ1) is 24.6. The van der Waals surface area contributed by atoms with Gasteiger partial charge in [0.1, 0.15) is 23.7 Å². The van der Waals surface area contributed by atoms with Gasteiger partial charge in [-0.15, -0.1) is 0 Å². The van der Waals surface area contributed by atoms with Gasteiger partial charge in [-0.05, 0) is 87.8 Å². The lowest BCUT2D eigenvalue weighted by Crippen LogP contribution is -2.59. The summed E-state index contributed by atoms with van der Waals surface area (Å²) in [5, 5.41) is 15.8. The summed E-state index contributed by atoms with van der Waals surface area (Å²) >= 11 is 0. The molecule has 4 amide bonds. The smallest absolute Gasteiger partial charge is 0.405 e. The summed E-state index contributed by atoms with van der Waals surface area (Å²) in [4.78, 5) is 59.9. The molecule has 14 nitrogen and oxygen atoms in total. The maximum Gasteiger partial charge on any atom is 0.405 e. The molecule has 2 aromatic rings. The van der Waals surface area contributed by atoms with Crippen molar-refractivity contribution in [2.75, 3.05) is 13.2 Å². The zero-order valence-corrected chi connectivity index (χ0v) is 30.5. The van der Waals surface area contributed by atoms with Crippen LogP contribution >= 0.6 is 0 Å². The van der Waals surface area contributed by atoms with Crippen LogP contribution in [0.5, 0.6) is 11.6 Å². The summed E-state index contributed by atoms with van der Waals surface area (Å²) in [6, 6.07) is 2.00. The highest BCUT2D eigenvalue weighted by atomic mass is 32.2. The standard InChI is InChI=1S/C36H46FN5O9S/c1-5-50-28-15-22-10-13-38-31(25(22)17-26(28)37)51-24-16-27-30(43)40-36(33(45)41-52(48,49)35(4)11-12-35)18-23(36)9-7-6-8-20(2)14-21(3)29(39-34(46)47)32(44)42(27)19-24/h7,9-10,13,15,17,20-21,23-24,27,29,39H,5-6,8,11-12,14,16,18-19H2,1-4H3,(H,40,43)(H,41,45)(H,46,47)/b9-7-/t20-,21-,23-,24-,27+,29+,36-/m1/s1. The quantitative estimate of drug-likeness (QED) is 0.290. The Bertz CT molecular complexity index is 1900. The zero-order valence-electron chi connectivity index (χ0n) is 29.7. The zero-order chi connectivity index (χ0) is 37.6. The van der Waals surface area contributed by atoms with Crippen LogP contribution in [0.4, 0.5) is 9.18 Å². The van der Waals surface area contributed by atoms with Crippen LogP contribution in [-0.4, -0.2) is 88.8 Å². The van der Waals surface area contributed by atoms with E-state index in [2.05, 4.69) is 20.3 Å². The monoisotopic (exact) mass is 743 g/mol. The highest BCUT2D eigenvalue weighted by Crippen LogP contribution is 2.47. The molecule has 16 heteroatoms. The van der Waals surface area contributed by atoms with E-state index >= 15 is 0 Å². The number of fused-ring (bicyclic) bond motifs is 3. The Labute approximate surface area is 301 Å². The minimum Gasteiger partial charge on any atom is -0.491 e. The second-order valence-corrected chi connectivity index (χ2v) is 17.1. The van der Waals surface area contributed by atoms with Gasteiger partial charge in [-0.25, -0.2) is 22.6 Å². The van der Waals surface area contributed by atoms with E-state index in [4.69, 9.17) is 9.47 Å². The number of rotatable bonds is 8. The number of pyridine rings is 1. The van der Waals surface area contributed by atoms with Crippen molar-refractivity contribution in [1.29, 1.82) is 0 Å². The number of sulfonamides is 1. The lowest BCUT2D eigenvalue weighted by molar-refractivity contribution is -0.142. The van der Waals surface area contributed by atoms with Crippen molar-refractivity contribution in [3.8, 4) is 11.6 Å². The van der Waals surface area contributed by atoms with E-state index in [1.54, 1.807) is 26.8 Å². The molecule has 7 atom stereocenters. The van der Waals surface area contributed by atoms with Gasteiger partial charge in [0.2, 0.25) is 27.7 Å². The summed E-state index contributed by atoms with van der Waals surface area (Å²) in [5.41, 5.74) is -1.58. The summed E-state index contributed by atoms with van der Waals surface area (Å²) < 4.78 is 53.9. The molecule has 52 heavy (non-hydrogen) atoms. The average molecular weight is 744 g/mol. The molecule has 0 unspecified atom stereocenters. The van der Waals surface area contributed by atoms with Gasteiger partial charge in [-0.1, -0.05) is 26.0 Å². The van der Waals surface area contributed by atoms with Gasteiger partial charge in [0.15, 0.2) is 11.6 Å². The number of nitrogens with one attached hydrogen (secondary N) is 3. The Morgan fingerprint density at radius 1 is 1.19 bits per heavy atom. The molecule has 2 saturated carbocycles. The number of amides is 4. The van der Waals surface area contributed by atoms with E-state index in [-0.39, 0.29) is 43.5 Å². The van der Waals surface area contributed by atoms with Crippen LogP contribution in [0.15, 0.2) is 36.5 Å². The third-order valence-corrected chi connectivity index (χ3v) is 13.0. The number of aromatic nitrogens is 1. The molecule has 4 N–H and O–H groups in total. The van der Waals surface area contributed by atoms with E-state index in [1.165, 1.54) is 23.2 Å². The second-order valence-electron chi connectivity index (χ2n) is 14.9. The number of nitrogens with zero attached hydrogens (tertiary/aromatic N) is 2. The first-order valence-electron chi connectivity index (χ1n) is 17.8. The highest BCUT2D eigenvalue weighted by molar-refractivity contribution is 7.91. The van der Waals surface area contributed by atoms with Crippen molar-refractivity contribution in [2.24, 2.45) is 17.8 Å². The summed E-state index contributed by atoms with van der Waals surface area (Å²) in [6.07, 6.45) is 5.71. The van der Waals surface area contributed by atoms with E-state index in [9.17, 15) is 37.1 Å². The Morgan fingerprint density at radius 3 is 2.63 bits per heavy atom. The molecular weight excluding hydrogens is 697 g/mol. The predicted octanol–water partition coefficient (Wildman–Crippen LogP) is 3.64. The van der Waals surface area contributed by atoms with Crippen molar-refractivity contribution in [3.63, 3.8) is 0 Å². The Morgan fingerprint density at radius 2 is 1.94 bits per heavy atom. The lowest BCUT2D eigenvalue weighted by atomic mass is 9.88. The van der Waals surface area contributed by atoms with Crippen LogP contribution in [0.1, 0.15) is 72.6 Å². The van der Waals surface area contributed by atoms with Crippen molar-refractivity contribution < 1.29 is 46.6 Å². The maximum absolute atomic E-state index is 14.9. The van der Waals surface area contributed by atoms with E-state index in [0.717, 1.165) is 0 Å². The Kier molecular flexibility index (Phi) is 10.2. The van der Waals surface area contributed by atoms with Crippen molar-refractivity contribution in [3.05, 3.63) is 42.4 Å². The molecule has 0 radical (unpaired) electrons. The molecule has 2 aliphatic carbocycles. The number of carbonyl (C=O) groups excluding carboxylic acids is 3.